The van der Waals surface area contributed by atoms with Crippen LogP contribution in [-0.4, -0.2) is 35.5 Å². The highest BCUT2D eigenvalue weighted by Crippen LogP contribution is 2.29. The minimum absolute atomic E-state index is 0.140. The molecule has 2 aliphatic rings. The molecule has 1 saturated heterocycles. The monoisotopic (exact) mass is 384 g/mol. The predicted molar refractivity (Wildman–Crippen MR) is 106 cm³/mol. The second kappa shape index (κ2) is 8.41. The van der Waals surface area contributed by atoms with Gasteiger partial charge >= 0.3 is 0 Å². The molecule has 1 aromatic carbocycles. The van der Waals surface area contributed by atoms with E-state index in [1.807, 2.05) is 41.4 Å². The van der Waals surface area contributed by atoms with E-state index in [4.69, 9.17) is 16.3 Å². The van der Waals surface area contributed by atoms with Crippen molar-refractivity contribution in [2.45, 2.75) is 38.2 Å². The van der Waals surface area contributed by atoms with Crippen LogP contribution >= 0.6 is 11.6 Å². The van der Waals surface area contributed by atoms with Crippen molar-refractivity contribution < 1.29 is 9.53 Å². The van der Waals surface area contributed by atoms with E-state index in [1.54, 1.807) is 0 Å². The molecule has 27 heavy (non-hydrogen) atoms. The van der Waals surface area contributed by atoms with Gasteiger partial charge in [-0.05, 0) is 36.1 Å². The Morgan fingerprint density at radius 1 is 1.19 bits per heavy atom. The molecule has 0 radical (unpaired) electrons. The first-order valence-corrected chi connectivity index (χ1v) is 10.2. The van der Waals surface area contributed by atoms with E-state index in [9.17, 15) is 4.79 Å². The van der Waals surface area contributed by atoms with Crippen molar-refractivity contribution in [1.29, 1.82) is 0 Å². The average molecular weight is 385 g/mol. The number of halogens is 1. The van der Waals surface area contributed by atoms with E-state index in [-0.39, 0.29) is 12.0 Å². The molecule has 0 spiro atoms. The molecule has 2 aromatic rings. The van der Waals surface area contributed by atoms with Crippen LogP contribution in [0.3, 0.4) is 0 Å². The number of ether oxygens (including phenoxy) is 1. The van der Waals surface area contributed by atoms with E-state index < -0.39 is 0 Å². The minimum Gasteiger partial charge on any atom is -0.368 e. The first-order chi connectivity index (χ1) is 13.2. The molecular weight excluding hydrogens is 360 g/mol. The Morgan fingerprint density at radius 3 is 2.74 bits per heavy atom. The van der Waals surface area contributed by atoms with Crippen molar-refractivity contribution in [3.8, 4) is 0 Å². The maximum atomic E-state index is 12.7. The van der Waals surface area contributed by atoms with Gasteiger partial charge < -0.3 is 9.64 Å². The van der Waals surface area contributed by atoms with E-state index in [2.05, 4.69) is 11.1 Å². The summed E-state index contributed by atoms with van der Waals surface area (Å²) in [6, 6.07) is 12.0. The number of pyridine rings is 1. The molecule has 5 heteroatoms. The SMILES string of the molecule is O=C(C1CCCC1)N1CCOC(c2ccc(Cc3ccccc3Cl)cn2)C1. The van der Waals surface area contributed by atoms with Gasteiger partial charge in [-0.2, -0.15) is 0 Å². The normalized spacial score (nSPS) is 20.8. The largest absolute Gasteiger partial charge is 0.368 e. The molecule has 2 heterocycles. The van der Waals surface area contributed by atoms with Crippen molar-refractivity contribution in [2.24, 2.45) is 5.92 Å². The number of carbonyl (C=O) groups excluding carboxylic acids is 1. The lowest BCUT2D eigenvalue weighted by Crippen LogP contribution is -2.44. The summed E-state index contributed by atoms with van der Waals surface area (Å²) < 4.78 is 5.91. The number of hydrogen-bond acceptors (Lipinski definition) is 3. The fourth-order valence-electron chi connectivity index (χ4n) is 4.05. The van der Waals surface area contributed by atoms with Gasteiger partial charge in [0, 0.05) is 30.1 Å². The van der Waals surface area contributed by atoms with Crippen LogP contribution in [0.15, 0.2) is 42.6 Å². The highest BCUT2D eigenvalue weighted by atomic mass is 35.5. The van der Waals surface area contributed by atoms with Gasteiger partial charge in [-0.1, -0.05) is 48.7 Å². The Hall–Kier alpha value is -1.91. The lowest BCUT2D eigenvalue weighted by Gasteiger charge is -2.34. The first kappa shape index (κ1) is 18.5. The summed E-state index contributed by atoms with van der Waals surface area (Å²) in [4.78, 5) is 19.3. The van der Waals surface area contributed by atoms with Gasteiger partial charge in [-0.25, -0.2) is 0 Å². The highest BCUT2D eigenvalue weighted by Gasteiger charge is 2.31. The quantitative estimate of drug-likeness (QED) is 0.783. The van der Waals surface area contributed by atoms with Crippen molar-refractivity contribution in [1.82, 2.24) is 9.88 Å². The van der Waals surface area contributed by atoms with Crippen molar-refractivity contribution in [2.75, 3.05) is 19.7 Å². The standard InChI is InChI=1S/C22H25ClN2O2/c23-19-8-4-3-7-18(19)13-16-9-10-20(24-14-16)21-15-25(11-12-27-21)22(26)17-5-1-2-6-17/h3-4,7-10,14,17,21H,1-2,5-6,11-13,15H2. The molecule has 4 nitrogen and oxygen atoms in total. The number of aromatic nitrogens is 1. The van der Waals surface area contributed by atoms with Crippen LogP contribution in [0.1, 0.15) is 48.6 Å². The molecule has 4 rings (SSSR count). The second-order valence-electron chi connectivity index (χ2n) is 7.48. The molecule has 1 atom stereocenters. The highest BCUT2D eigenvalue weighted by molar-refractivity contribution is 6.31. The number of hydrogen-bond donors (Lipinski definition) is 0. The topological polar surface area (TPSA) is 42.4 Å². The van der Waals surface area contributed by atoms with Crippen molar-refractivity contribution >= 4 is 17.5 Å². The summed E-state index contributed by atoms with van der Waals surface area (Å²) in [6.45, 7) is 1.87. The average Bonchev–Trinajstić information content (AvgIpc) is 3.25. The van der Waals surface area contributed by atoms with Gasteiger partial charge in [0.1, 0.15) is 6.10 Å². The maximum Gasteiger partial charge on any atom is 0.225 e. The van der Waals surface area contributed by atoms with E-state index in [0.717, 1.165) is 41.1 Å². The van der Waals surface area contributed by atoms with Crippen LogP contribution < -0.4 is 0 Å². The molecule has 2 fully saturated rings. The zero-order chi connectivity index (χ0) is 18.6. The Balaban J connectivity index is 1.40. The number of morpholine rings is 1. The second-order valence-corrected chi connectivity index (χ2v) is 7.89. The third kappa shape index (κ3) is 4.33. The van der Waals surface area contributed by atoms with Gasteiger partial charge in [0.2, 0.25) is 5.91 Å². The van der Waals surface area contributed by atoms with E-state index in [1.165, 1.54) is 12.8 Å². The summed E-state index contributed by atoms with van der Waals surface area (Å²) in [5.41, 5.74) is 3.10. The molecular formula is C22H25ClN2O2. The van der Waals surface area contributed by atoms with Crippen LogP contribution in [0.25, 0.3) is 0 Å². The fourth-order valence-corrected chi connectivity index (χ4v) is 4.25. The number of nitrogens with zero attached hydrogens (tertiary/aromatic N) is 2. The first-order valence-electron chi connectivity index (χ1n) is 9.79. The molecule has 1 amide bonds. The molecule has 0 bridgehead atoms. The Bertz CT molecular complexity index is 787. The fraction of sp³-hybridized carbons (Fsp3) is 0.455. The van der Waals surface area contributed by atoms with Crippen molar-refractivity contribution in [3.05, 3.63) is 64.4 Å². The van der Waals surface area contributed by atoms with Crippen molar-refractivity contribution in [3.63, 3.8) is 0 Å². The van der Waals surface area contributed by atoms with E-state index in [0.29, 0.717) is 25.6 Å². The summed E-state index contributed by atoms with van der Waals surface area (Å²) >= 11 is 6.25. The molecule has 1 aliphatic heterocycles. The van der Waals surface area contributed by atoms with Gasteiger partial charge in [-0.15, -0.1) is 0 Å². The number of amides is 1. The van der Waals surface area contributed by atoms with Gasteiger partial charge in [0.15, 0.2) is 0 Å². The van der Waals surface area contributed by atoms with Gasteiger partial charge in [0.25, 0.3) is 0 Å². The lowest BCUT2D eigenvalue weighted by molar-refractivity contribution is -0.143. The zero-order valence-corrected chi connectivity index (χ0v) is 16.2. The maximum absolute atomic E-state index is 12.7. The van der Waals surface area contributed by atoms with Crippen LogP contribution in [0, 0.1) is 5.92 Å². The molecule has 0 N–H and O–H groups in total. The Labute approximate surface area is 165 Å². The smallest absolute Gasteiger partial charge is 0.225 e. The molecule has 1 saturated carbocycles. The molecule has 1 aliphatic carbocycles. The lowest BCUT2D eigenvalue weighted by atomic mass is 10.0. The van der Waals surface area contributed by atoms with Crippen LogP contribution in [0.4, 0.5) is 0 Å². The van der Waals surface area contributed by atoms with Gasteiger partial charge in [0.05, 0.1) is 18.8 Å². The number of benzene rings is 1. The number of carbonyl (C=O) groups is 1. The zero-order valence-electron chi connectivity index (χ0n) is 15.4. The predicted octanol–water partition coefficient (Wildman–Crippen LogP) is 4.42. The summed E-state index contributed by atoms with van der Waals surface area (Å²) in [6.07, 6.45) is 6.94. The van der Waals surface area contributed by atoms with Crippen LogP contribution in [-0.2, 0) is 16.0 Å². The van der Waals surface area contributed by atoms with Crippen LogP contribution in [0.5, 0.6) is 0 Å². The van der Waals surface area contributed by atoms with Crippen LogP contribution in [0.2, 0.25) is 5.02 Å². The molecule has 142 valence electrons. The Kier molecular flexibility index (Phi) is 5.74. The third-order valence-corrected chi connectivity index (χ3v) is 5.98. The number of rotatable bonds is 4. The summed E-state index contributed by atoms with van der Waals surface area (Å²) in [5, 5.41) is 0.776. The summed E-state index contributed by atoms with van der Waals surface area (Å²) in [5.74, 6) is 0.519. The Morgan fingerprint density at radius 2 is 2.00 bits per heavy atom. The molecule has 1 aromatic heterocycles. The van der Waals surface area contributed by atoms with E-state index >= 15 is 0 Å². The minimum atomic E-state index is -0.140. The third-order valence-electron chi connectivity index (χ3n) is 5.61. The van der Waals surface area contributed by atoms with Gasteiger partial charge in [-0.3, -0.25) is 9.78 Å². The summed E-state index contributed by atoms with van der Waals surface area (Å²) in [7, 11) is 0. The molecule has 1 unspecified atom stereocenters.